The molecule has 2 aliphatic rings. The van der Waals surface area contributed by atoms with Crippen LogP contribution in [0.1, 0.15) is 36.0 Å². The lowest BCUT2D eigenvalue weighted by molar-refractivity contribution is 0.0275. The lowest BCUT2D eigenvalue weighted by atomic mass is 10.0. The van der Waals surface area contributed by atoms with Gasteiger partial charge in [0.05, 0.1) is 12.7 Å². The van der Waals surface area contributed by atoms with Gasteiger partial charge < -0.3 is 10.1 Å². The van der Waals surface area contributed by atoms with E-state index in [9.17, 15) is 4.39 Å². The molecule has 0 bridgehead atoms. The molecule has 1 aliphatic heterocycles. The van der Waals surface area contributed by atoms with Crippen LogP contribution in [0, 0.1) is 5.82 Å². The Kier molecular flexibility index (Phi) is 2.65. The minimum Gasteiger partial charge on any atom is -0.371 e. The zero-order chi connectivity index (χ0) is 11.0. The summed E-state index contributed by atoms with van der Waals surface area (Å²) < 4.78 is 19.4. The van der Waals surface area contributed by atoms with Gasteiger partial charge in [0.15, 0.2) is 0 Å². The first-order chi connectivity index (χ1) is 7.84. The summed E-state index contributed by atoms with van der Waals surface area (Å²) in [5.74, 6) is 0.411. The molecule has 16 heavy (non-hydrogen) atoms. The van der Waals surface area contributed by atoms with Gasteiger partial charge in [-0.1, -0.05) is 12.1 Å². The van der Waals surface area contributed by atoms with Crippen molar-refractivity contribution in [2.24, 2.45) is 0 Å². The SMILES string of the molecule is Fc1cc(C2CNCCO2)ccc1C1CC1. The van der Waals surface area contributed by atoms with E-state index in [2.05, 4.69) is 5.32 Å². The molecule has 0 aromatic heterocycles. The molecule has 0 spiro atoms. The highest BCUT2D eigenvalue weighted by atomic mass is 19.1. The highest BCUT2D eigenvalue weighted by Gasteiger charge is 2.27. The van der Waals surface area contributed by atoms with Gasteiger partial charge in [-0.2, -0.15) is 0 Å². The molecule has 0 radical (unpaired) electrons. The normalized spacial score (nSPS) is 25.7. The number of hydrogen-bond acceptors (Lipinski definition) is 2. The van der Waals surface area contributed by atoms with Gasteiger partial charge in [0.1, 0.15) is 5.82 Å². The molecule has 1 aromatic rings. The Morgan fingerprint density at radius 2 is 2.19 bits per heavy atom. The molecule has 1 aromatic carbocycles. The number of ether oxygens (including phenoxy) is 1. The van der Waals surface area contributed by atoms with Crippen LogP contribution in [0.3, 0.4) is 0 Å². The minimum atomic E-state index is -0.0610. The summed E-state index contributed by atoms with van der Waals surface area (Å²) in [6.07, 6.45) is 2.28. The average Bonchev–Trinajstić information content (AvgIpc) is 3.14. The summed E-state index contributed by atoms with van der Waals surface area (Å²) in [4.78, 5) is 0. The summed E-state index contributed by atoms with van der Waals surface area (Å²) in [7, 11) is 0. The maximum atomic E-state index is 13.8. The quantitative estimate of drug-likeness (QED) is 0.827. The molecule has 86 valence electrons. The number of benzene rings is 1. The summed E-state index contributed by atoms with van der Waals surface area (Å²) in [6.45, 7) is 2.37. The summed E-state index contributed by atoms with van der Waals surface area (Å²) in [6, 6.07) is 5.58. The Morgan fingerprint density at radius 3 is 2.81 bits per heavy atom. The van der Waals surface area contributed by atoms with Crippen molar-refractivity contribution in [2.45, 2.75) is 24.9 Å². The molecule has 3 rings (SSSR count). The van der Waals surface area contributed by atoms with Crippen molar-refractivity contribution in [1.82, 2.24) is 5.32 Å². The van der Waals surface area contributed by atoms with Crippen LogP contribution in [-0.2, 0) is 4.74 Å². The number of hydrogen-bond donors (Lipinski definition) is 1. The first-order valence-corrected chi connectivity index (χ1v) is 5.96. The van der Waals surface area contributed by atoms with Gasteiger partial charge in [0.25, 0.3) is 0 Å². The maximum absolute atomic E-state index is 13.8. The predicted molar refractivity (Wildman–Crippen MR) is 59.9 cm³/mol. The third-order valence-corrected chi connectivity index (χ3v) is 3.34. The number of nitrogens with one attached hydrogen (secondary N) is 1. The Morgan fingerprint density at radius 1 is 1.31 bits per heavy atom. The van der Waals surface area contributed by atoms with Gasteiger partial charge in [-0.3, -0.25) is 0 Å². The average molecular weight is 221 g/mol. The molecule has 2 nitrogen and oxygen atoms in total. The van der Waals surface area contributed by atoms with Crippen LogP contribution in [0.15, 0.2) is 18.2 Å². The van der Waals surface area contributed by atoms with Crippen LogP contribution < -0.4 is 5.32 Å². The van der Waals surface area contributed by atoms with Gasteiger partial charge in [-0.25, -0.2) is 4.39 Å². The van der Waals surface area contributed by atoms with Crippen LogP contribution in [0.5, 0.6) is 0 Å². The molecule has 1 aliphatic carbocycles. The Bertz CT molecular complexity index is 384. The van der Waals surface area contributed by atoms with Gasteiger partial charge >= 0.3 is 0 Å². The summed E-state index contributed by atoms with van der Waals surface area (Å²) in [5, 5.41) is 3.26. The first-order valence-electron chi connectivity index (χ1n) is 5.96. The van der Waals surface area contributed by atoms with Crippen LogP contribution in [0.2, 0.25) is 0 Å². The third kappa shape index (κ3) is 1.97. The monoisotopic (exact) mass is 221 g/mol. The van der Waals surface area contributed by atoms with Crippen molar-refractivity contribution in [2.75, 3.05) is 19.7 Å². The van der Waals surface area contributed by atoms with E-state index in [-0.39, 0.29) is 11.9 Å². The fraction of sp³-hybridized carbons (Fsp3) is 0.538. The van der Waals surface area contributed by atoms with E-state index >= 15 is 0 Å². The lowest BCUT2D eigenvalue weighted by Crippen LogP contribution is -2.33. The molecule has 1 unspecified atom stereocenters. The van der Waals surface area contributed by atoms with E-state index < -0.39 is 0 Å². The van der Waals surface area contributed by atoms with E-state index in [1.807, 2.05) is 12.1 Å². The van der Waals surface area contributed by atoms with Gasteiger partial charge in [0, 0.05) is 13.1 Å². The van der Waals surface area contributed by atoms with Crippen molar-refractivity contribution in [3.63, 3.8) is 0 Å². The maximum Gasteiger partial charge on any atom is 0.127 e. The highest BCUT2D eigenvalue weighted by Crippen LogP contribution is 2.41. The van der Waals surface area contributed by atoms with E-state index in [0.717, 1.165) is 37.1 Å². The zero-order valence-corrected chi connectivity index (χ0v) is 9.21. The largest absolute Gasteiger partial charge is 0.371 e. The lowest BCUT2D eigenvalue weighted by Gasteiger charge is -2.24. The van der Waals surface area contributed by atoms with Crippen LogP contribution in [0.25, 0.3) is 0 Å². The fourth-order valence-electron chi connectivity index (χ4n) is 2.25. The molecule has 1 saturated carbocycles. The van der Waals surface area contributed by atoms with Gasteiger partial charge in [-0.05, 0) is 36.0 Å². The number of halogens is 1. The van der Waals surface area contributed by atoms with E-state index in [1.165, 1.54) is 0 Å². The second-order valence-corrected chi connectivity index (χ2v) is 4.62. The topological polar surface area (TPSA) is 21.3 Å². The number of rotatable bonds is 2. The standard InChI is InChI=1S/C13H16FNO/c14-12-7-10(13-8-15-5-6-16-13)3-4-11(12)9-1-2-9/h3-4,7,9,13,15H,1-2,5-6,8H2. The third-order valence-electron chi connectivity index (χ3n) is 3.34. The van der Waals surface area contributed by atoms with Crippen molar-refractivity contribution in [3.05, 3.63) is 35.1 Å². The van der Waals surface area contributed by atoms with Crippen molar-refractivity contribution < 1.29 is 9.13 Å². The van der Waals surface area contributed by atoms with E-state index in [1.54, 1.807) is 6.07 Å². The smallest absolute Gasteiger partial charge is 0.127 e. The molecular weight excluding hydrogens is 205 g/mol. The summed E-state index contributed by atoms with van der Waals surface area (Å²) in [5.41, 5.74) is 1.83. The molecule has 1 N–H and O–H groups in total. The molecule has 1 heterocycles. The first kappa shape index (κ1) is 10.2. The second kappa shape index (κ2) is 4.15. The number of morpholine rings is 1. The molecule has 1 atom stereocenters. The summed E-state index contributed by atoms with van der Waals surface area (Å²) >= 11 is 0. The predicted octanol–water partition coefficient (Wildman–Crippen LogP) is 2.36. The van der Waals surface area contributed by atoms with Crippen LogP contribution in [-0.4, -0.2) is 19.7 Å². The van der Waals surface area contributed by atoms with Crippen molar-refractivity contribution in [3.8, 4) is 0 Å². The van der Waals surface area contributed by atoms with E-state index in [0.29, 0.717) is 12.5 Å². The Labute approximate surface area is 94.8 Å². The highest BCUT2D eigenvalue weighted by molar-refractivity contribution is 5.31. The fourth-order valence-corrected chi connectivity index (χ4v) is 2.25. The molecule has 0 amide bonds. The van der Waals surface area contributed by atoms with E-state index in [4.69, 9.17) is 4.74 Å². The van der Waals surface area contributed by atoms with Crippen molar-refractivity contribution in [1.29, 1.82) is 0 Å². The molecule has 1 saturated heterocycles. The van der Waals surface area contributed by atoms with Crippen LogP contribution in [0.4, 0.5) is 4.39 Å². The Hall–Kier alpha value is -0.930. The Balaban J connectivity index is 1.81. The minimum absolute atomic E-state index is 0.0107. The second-order valence-electron chi connectivity index (χ2n) is 4.62. The van der Waals surface area contributed by atoms with Gasteiger partial charge in [0.2, 0.25) is 0 Å². The molecule has 3 heteroatoms. The van der Waals surface area contributed by atoms with Crippen molar-refractivity contribution >= 4 is 0 Å². The van der Waals surface area contributed by atoms with Gasteiger partial charge in [-0.15, -0.1) is 0 Å². The molecular formula is C13H16FNO. The molecule has 2 fully saturated rings. The van der Waals surface area contributed by atoms with Crippen LogP contribution >= 0.6 is 0 Å². The zero-order valence-electron chi connectivity index (χ0n) is 9.21.